The number of amides is 1. The van der Waals surface area contributed by atoms with Crippen LogP contribution in [0.4, 0.5) is 21.9 Å². The quantitative estimate of drug-likeness (QED) is 0.493. The van der Waals surface area contributed by atoms with Gasteiger partial charge in [0, 0.05) is 33.2 Å². The smallest absolute Gasteiger partial charge is 0.410 e. The SMILES string of the molecule is CN=Nc1c(N2CCN(C(=O)OC(C)(C)C)CC2)ccc(C(=O)OC)c1N. The largest absolute Gasteiger partial charge is 0.465 e. The first kappa shape index (κ1) is 20.5. The van der Waals surface area contributed by atoms with E-state index in [9.17, 15) is 9.59 Å². The zero-order valence-corrected chi connectivity index (χ0v) is 16.5. The minimum atomic E-state index is -0.527. The number of hydrogen-bond donors (Lipinski definition) is 1. The fraction of sp³-hybridized carbons (Fsp3) is 0.556. The number of nitrogen functional groups attached to an aromatic ring is 1. The van der Waals surface area contributed by atoms with E-state index < -0.39 is 11.6 Å². The van der Waals surface area contributed by atoms with Crippen molar-refractivity contribution in [3.63, 3.8) is 0 Å². The highest BCUT2D eigenvalue weighted by Crippen LogP contribution is 2.38. The van der Waals surface area contributed by atoms with Gasteiger partial charge < -0.3 is 25.0 Å². The van der Waals surface area contributed by atoms with Crippen LogP contribution in [0.5, 0.6) is 0 Å². The van der Waals surface area contributed by atoms with Gasteiger partial charge in [-0.1, -0.05) is 0 Å². The maximum atomic E-state index is 12.2. The molecule has 9 heteroatoms. The Labute approximate surface area is 159 Å². The third kappa shape index (κ3) is 4.87. The van der Waals surface area contributed by atoms with E-state index in [4.69, 9.17) is 15.2 Å². The number of azo groups is 1. The molecule has 27 heavy (non-hydrogen) atoms. The summed E-state index contributed by atoms with van der Waals surface area (Å²) < 4.78 is 10.2. The van der Waals surface area contributed by atoms with Crippen LogP contribution in [0.15, 0.2) is 22.4 Å². The van der Waals surface area contributed by atoms with Crippen molar-refractivity contribution in [1.29, 1.82) is 0 Å². The minimum Gasteiger partial charge on any atom is -0.465 e. The van der Waals surface area contributed by atoms with Gasteiger partial charge in [0.1, 0.15) is 11.3 Å². The van der Waals surface area contributed by atoms with Crippen LogP contribution in [-0.4, -0.2) is 62.9 Å². The molecule has 0 radical (unpaired) electrons. The van der Waals surface area contributed by atoms with Gasteiger partial charge in [-0.25, -0.2) is 9.59 Å². The van der Waals surface area contributed by atoms with Gasteiger partial charge in [-0.15, -0.1) is 0 Å². The van der Waals surface area contributed by atoms with E-state index in [0.717, 1.165) is 5.69 Å². The van der Waals surface area contributed by atoms with Gasteiger partial charge in [-0.2, -0.15) is 10.2 Å². The van der Waals surface area contributed by atoms with Crippen molar-refractivity contribution in [3.8, 4) is 0 Å². The fourth-order valence-corrected chi connectivity index (χ4v) is 2.80. The Hall–Kier alpha value is -2.84. The van der Waals surface area contributed by atoms with Crippen LogP contribution in [-0.2, 0) is 9.47 Å². The number of nitrogens with two attached hydrogens (primary N) is 1. The zero-order valence-electron chi connectivity index (χ0n) is 16.5. The minimum absolute atomic E-state index is 0.222. The van der Waals surface area contributed by atoms with E-state index in [2.05, 4.69) is 15.1 Å². The molecule has 0 bridgehead atoms. The molecule has 0 spiro atoms. The van der Waals surface area contributed by atoms with Gasteiger partial charge in [0.25, 0.3) is 0 Å². The molecule has 0 aliphatic carbocycles. The number of piperazine rings is 1. The van der Waals surface area contributed by atoms with Crippen molar-refractivity contribution in [2.24, 2.45) is 10.2 Å². The second-order valence-electron chi connectivity index (χ2n) is 7.14. The molecule has 2 N–H and O–H groups in total. The lowest BCUT2D eigenvalue weighted by Crippen LogP contribution is -2.50. The van der Waals surface area contributed by atoms with Crippen LogP contribution in [0.1, 0.15) is 31.1 Å². The number of carbonyl (C=O) groups excluding carboxylic acids is 2. The number of carbonyl (C=O) groups is 2. The van der Waals surface area contributed by atoms with Crippen LogP contribution in [0.25, 0.3) is 0 Å². The Kier molecular flexibility index (Phi) is 6.24. The van der Waals surface area contributed by atoms with Crippen molar-refractivity contribution in [2.45, 2.75) is 26.4 Å². The normalized spacial score (nSPS) is 15.1. The molecule has 1 fully saturated rings. The first-order valence-electron chi connectivity index (χ1n) is 8.71. The van der Waals surface area contributed by atoms with Crippen molar-refractivity contribution >= 4 is 29.1 Å². The number of anilines is 2. The van der Waals surface area contributed by atoms with Gasteiger partial charge in [0.2, 0.25) is 0 Å². The summed E-state index contributed by atoms with van der Waals surface area (Å²) in [6, 6.07) is 3.39. The number of hydrogen-bond acceptors (Lipinski definition) is 8. The number of rotatable bonds is 3. The van der Waals surface area contributed by atoms with Crippen LogP contribution >= 0.6 is 0 Å². The molecule has 148 valence electrons. The molecule has 9 nitrogen and oxygen atoms in total. The standard InChI is InChI=1S/C18H27N5O4/c1-18(2,3)27-17(25)23-10-8-22(9-11-23)13-7-6-12(16(24)26-5)14(19)15(13)21-20-4/h6-7H,8-11,19H2,1-5H3. The van der Waals surface area contributed by atoms with Crippen LogP contribution in [0.3, 0.4) is 0 Å². The highest BCUT2D eigenvalue weighted by atomic mass is 16.6. The van der Waals surface area contributed by atoms with E-state index in [1.807, 2.05) is 20.8 Å². The molecule has 1 saturated heterocycles. The Balaban J connectivity index is 2.19. The number of nitrogens with zero attached hydrogens (tertiary/aromatic N) is 4. The van der Waals surface area contributed by atoms with Gasteiger partial charge in [0.05, 0.1) is 24.0 Å². The molecule has 0 unspecified atom stereocenters. The van der Waals surface area contributed by atoms with Gasteiger partial charge in [-0.05, 0) is 32.9 Å². The van der Waals surface area contributed by atoms with Crippen LogP contribution in [0.2, 0.25) is 0 Å². The summed E-state index contributed by atoms with van der Waals surface area (Å²) in [6.07, 6.45) is -0.323. The summed E-state index contributed by atoms with van der Waals surface area (Å²) in [5.41, 5.74) is 7.26. The average molecular weight is 377 g/mol. The number of esters is 1. The third-order valence-corrected chi connectivity index (χ3v) is 4.07. The molecule has 0 atom stereocenters. The van der Waals surface area contributed by atoms with Crippen molar-refractivity contribution in [1.82, 2.24) is 4.90 Å². The average Bonchev–Trinajstić information content (AvgIpc) is 2.61. The van der Waals surface area contributed by atoms with E-state index in [1.165, 1.54) is 14.2 Å². The van der Waals surface area contributed by atoms with Crippen molar-refractivity contribution < 1.29 is 19.1 Å². The summed E-state index contributed by atoms with van der Waals surface area (Å²) >= 11 is 0. The third-order valence-electron chi connectivity index (χ3n) is 4.07. The highest BCUT2D eigenvalue weighted by Gasteiger charge is 2.28. The molecular formula is C18H27N5O4. The summed E-state index contributed by atoms with van der Waals surface area (Å²) in [4.78, 5) is 27.8. The Morgan fingerprint density at radius 2 is 1.78 bits per heavy atom. The van der Waals surface area contributed by atoms with E-state index in [1.54, 1.807) is 17.0 Å². The van der Waals surface area contributed by atoms with Gasteiger partial charge in [0.15, 0.2) is 0 Å². The molecule has 2 rings (SSSR count). The zero-order chi connectivity index (χ0) is 20.2. The Morgan fingerprint density at radius 3 is 2.30 bits per heavy atom. The van der Waals surface area contributed by atoms with Crippen LogP contribution < -0.4 is 10.6 Å². The maximum absolute atomic E-state index is 12.2. The molecular weight excluding hydrogens is 350 g/mol. The highest BCUT2D eigenvalue weighted by molar-refractivity contribution is 6.00. The lowest BCUT2D eigenvalue weighted by molar-refractivity contribution is 0.0240. The monoisotopic (exact) mass is 377 g/mol. The molecule has 1 amide bonds. The fourth-order valence-electron chi connectivity index (χ4n) is 2.80. The van der Waals surface area contributed by atoms with E-state index in [-0.39, 0.29) is 17.3 Å². The molecule has 0 aromatic heterocycles. The second-order valence-corrected chi connectivity index (χ2v) is 7.14. The predicted molar refractivity (Wildman–Crippen MR) is 103 cm³/mol. The number of methoxy groups -OCH3 is 1. The first-order valence-corrected chi connectivity index (χ1v) is 8.71. The summed E-state index contributed by atoms with van der Waals surface area (Å²) in [5.74, 6) is -0.527. The summed E-state index contributed by atoms with van der Waals surface area (Å²) in [7, 11) is 2.83. The van der Waals surface area contributed by atoms with E-state index >= 15 is 0 Å². The topological polar surface area (TPSA) is 110 Å². The Bertz CT molecular complexity index is 734. The number of benzene rings is 1. The Morgan fingerprint density at radius 1 is 1.15 bits per heavy atom. The summed E-state index contributed by atoms with van der Waals surface area (Å²) in [5, 5.41) is 7.92. The first-order chi connectivity index (χ1) is 12.7. The maximum Gasteiger partial charge on any atom is 0.410 e. The summed E-state index contributed by atoms with van der Waals surface area (Å²) in [6.45, 7) is 7.72. The molecule has 1 aromatic carbocycles. The second kappa shape index (κ2) is 8.24. The number of ether oxygens (including phenoxy) is 2. The van der Waals surface area contributed by atoms with E-state index in [0.29, 0.717) is 31.9 Å². The molecule has 1 aromatic rings. The predicted octanol–water partition coefficient (Wildman–Crippen LogP) is 2.83. The molecule has 1 heterocycles. The molecule has 1 aliphatic rings. The van der Waals surface area contributed by atoms with Crippen molar-refractivity contribution in [2.75, 3.05) is 51.0 Å². The lowest BCUT2D eigenvalue weighted by atomic mass is 10.1. The van der Waals surface area contributed by atoms with Crippen LogP contribution in [0, 0.1) is 0 Å². The molecule has 1 aliphatic heterocycles. The van der Waals surface area contributed by atoms with Gasteiger partial charge >= 0.3 is 12.1 Å². The lowest BCUT2D eigenvalue weighted by Gasteiger charge is -2.37. The van der Waals surface area contributed by atoms with Crippen molar-refractivity contribution in [3.05, 3.63) is 17.7 Å². The molecule has 0 saturated carbocycles. The van der Waals surface area contributed by atoms with Gasteiger partial charge in [-0.3, -0.25) is 0 Å².